The summed E-state index contributed by atoms with van der Waals surface area (Å²) >= 11 is 0. The van der Waals surface area contributed by atoms with E-state index in [2.05, 4.69) is 15.6 Å². The average Bonchev–Trinajstić information content (AvgIpc) is 3.11. The summed E-state index contributed by atoms with van der Waals surface area (Å²) in [4.78, 5) is 4.49. The first-order valence-corrected chi connectivity index (χ1v) is 10.4. The fourth-order valence-corrected chi connectivity index (χ4v) is 3.88. The molecule has 0 aromatic heterocycles. The van der Waals surface area contributed by atoms with E-state index in [1.54, 1.807) is 31.3 Å². The Bertz CT molecular complexity index is 726. The molecule has 1 fully saturated rings. The van der Waals surface area contributed by atoms with Crippen molar-refractivity contribution in [3.05, 3.63) is 29.8 Å². The minimum absolute atomic E-state index is 0.0610. The molecule has 1 aliphatic rings. The molecule has 27 heavy (non-hydrogen) atoms. The quantitative estimate of drug-likeness (QED) is 0.432. The van der Waals surface area contributed by atoms with E-state index in [9.17, 15) is 13.5 Å². The molecule has 3 N–H and O–H groups in total. The lowest BCUT2D eigenvalue weighted by Crippen LogP contribution is -2.44. The highest BCUT2D eigenvalue weighted by Gasteiger charge is 2.34. The molecular formula is C18H30N4O4S. The van der Waals surface area contributed by atoms with Gasteiger partial charge >= 0.3 is 0 Å². The molecule has 0 aliphatic carbocycles. The molecule has 1 aromatic carbocycles. The maximum Gasteiger partial charge on any atom is 0.242 e. The molecule has 0 amide bonds. The van der Waals surface area contributed by atoms with Crippen molar-refractivity contribution in [2.45, 2.75) is 24.3 Å². The Hall–Kier alpha value is -1.68. The fourth-order valence-electron chi connectivity index (χ4n) is 2.98. The number of benzene rings is 1. The van der Waals surface area contributed by atoms with E-state index >= 15 is 0 Å². The summed E-state index contributed by atoms with van der Waals surface area (Å²) in [6, 6.07) is 6.78. The summed E-state index contributed by atoms with van der Waals surface area (Å²) in [7, 11) is 1.31. The fraction of sp³-hybridized carbons (Fsp3) is 0.611. The van der Waals surface area contributed by atoms with Gasteiger partial charge in [-0.15, -0.1) is 0 Å². The molecule has 152 valence electrons. The van der Waals surface area contributed by atoms with Gasteiger partial charge in [0, 0.05) is 52.9 Å². The standard InChI is InChI=1S/C18H30N4O4S/c1-19-17(21-13-18(8-10-23)9-11-26-14-18)20-12-15-4-6-16(7-5-15)27(24,25)22(2)3/h4-7,23H,8-14H2,1-3H3,(H2,19,20,21). The predicted molar refractivity (Wildman–Crippen MR) is 105 cm³/mol. The highest BCUT2D eigenvalue weighted by Crippen LogP contribution is 2.31. The van der Waals surface area contributed by atoms with Crippen LogP contribution in [0, 0.1) is 5.41 Å². The van der Waals surface area contributed by atoms with E-state index in [1.165, 1.54) is 18.4 Å². The maximum absolute atomic E-state index is 12.1. The van der Waals surface area contributed by atoms with Gasteiger partial charge in [0.25, 0.3) is 0 Å². The molecule has 2 rings (SSSR count). The van der Waals surface area contributed by atoms with Gasteiger partial charge in [-0.3, -0.25) is 4.99 Å². The van der Waals surface area contributed by atoms with Crippen LogP contribution in [-0.2, 0) is 21.3 Å². The topological polar surface area (TPSA) is 103 Å². The number of rotatable bonds is 8. The number of hydrogen-bond donors (Lipinski definition) is 3. The first-order valence-electron chi connectivity index (χ1n) is 8.98. The van der Waals surface area contributed by atoms with Crippen LogP contribution in [0.4, 0.5) is 0 Å². The van der Waals surface area contributed by atoms with Crippen LogP contribution in [0.5, 0.6) is 0 Å². The Morgan fingerprint density at radius 2 is 2.00 bits per heavy atom. The van der Waals surface area contributed by atoms with Crippen LogP contribution >= 0.6 is 0 Å². The van der Waals surface area contributed by atoms with Crippen molar-refractivity contribution in [2.75, 3.05) is 47.5 Å². The van der Waals surface area contributed by atoms with E-state index in [4.69, 9.17) is 4.74 Å². The zero-order valence-corrected chi connectivity index (χ0v) is 17.1. The summed E-state index contributed by atoms with van der Waals surface area (Å²) in [6.07, 6.45) is 1.61. The highest BCUT2D eigenvalue weighted by atomic mass is 32.2. The molecule has 1 aromatic rings. The monoisotopic (exact) mass is 398 g/mol. The number of guanidine groups is 1. The lowest BCUT2D eigenvalue weighted by molar-refractivity contribution is 0.127. The van der Waals surface area contributed by atoms with Gasteiger partial charge in [-0.1, -0.05) is 12.1 Å². The summed E-state index contributed by atoms with van der Waals surface area (Å²) < 4.78 is 30.9. The Kier molecular flexibility index (Phi) is 7.60. The van der Waals surface area contributed by atoms with Gasteiger partial charge in [0.05, 0.1) is 11.5 Å². The molecule has 1 heterocycles. The van der Waals surface area contributed by atoms with E-state index < -0.39 is 10.0 Å². The van der Waals surface area contributed by atoms with Crippen molar-refractivity contribution >= 4 is 16.0 Å². The van der Waals surface area contributed by atoms with Crippen LogP contribution in [0.25, 0.3) is 0 Å². The van der Waals surface area contributed by atoms with Crippen molar-refractivity contribution < 1.29 is 18.3 Å². The Labute approximate surface area is 161 Å². The number of aliphatic imine (C=N–C) groups is 1. The molecule has 1 atom stereocenters. The SMILES string of the molecule is CN=C(NCc1ccc(S(=O)(=O)N(C)C)cc1)NCC1(CCO)CCOC1. The number of aliphatic hydroxyl groups is 1. The summed E-state index contributed by atoms with van der Waals surface area (Å²) in [5, 5.41) is 15.8. The highest BCUT2D eigenvalue weighted by molar-refractivity contribution is 7.89. The van der Waals surface area contributed by atoms with Crippen LogP contribution in [0.15, 0.2) is 34.2 Å². The summed E-state index contributed by atoms with van der Waals surface area (Å²) in [5.41, 5.74) is 0.888. The third kappa shape index (κ3) is 5.65. The molecule has 9 heteroatoms. The molecule has 1 saturated heterocycles. The van der Waals surface area contributed by atoms with Gasteiger partial charge in [0.15, 0.2) is 5.96 Å². The van der Waals surface area contributed by atoms with Gasteiger partial charge in [-0.2, -0.15) is 0 Å². The average molecular weight is 399 g/mol. The molecular weight excluding hydrogens is 368 g/mol. The Morgan fingerprint density at radius 1 is 1.30 bits per heavy atom. The lowest BCUT2D eigenvalue weighted by atomic mass is 9.84. The van der Waals surface area contributed by atoms with Crippen LogP contribution in [0.2, 0.25) is 0 Å². The van der Waals surface area contributed by atoms with Gasteiger partial charge < -0.3 is 20.5 Å². The molecule has 0 spiro atoms. The van der Waals surface area contributed by atoms with Crippen LogP contribution < -0.4 is 10.6 Å². The van der Waals surface area contributed by atoms with E-state index in [0.717, 1.165) is 18.6 Å². The first-order chi connectivity index (χ1) is 12.8. The van der Waals surface area contributed by atoms with E-state index in [0.29, 0.717) is 32.1 Å². The number of nitrogens with zero attached hydrogens (tertiary/aromatic N) is 2. The number of sulfonamides is 1. The van der Waals surface area contributed by atoms with Crippen LogP contribution in [-0.4, -0.2) is 71.3 Å². The molecule has 8 nitrogen and oxygen atoms in total. The van der Waals surface area contributed by atoms with Crippen molar-refractivity contribution in [1.29, 1.82) is 0 Å². The molecule has 0 saturated carbocycles. The lowest BCUT2D eigenvalue weighted by Gasteiger charge is -2.27. The minimum atomic E-state index is -3.42. The summed E-state index contributed by atoms with van der Waals surface area (Å²) in [5.74, 6) is 0.657. The normalized spacial score (nSPS) is 20.9. The van der Waals surface area contributed by atoms with Gasteiger partial charge in [0.1, 0.15) is 0 Å². The van der Waals surface area contributed by atoms with Gasteiger partial charge in [-0.05, 0) is 30.5 Å². The van der Waals surface area contributed by atoms with Gasteiger partial charge in [-0.25, -0.2) is 12.7 Å². The number of aliphatic hydroxyl groups excluding tert-OH is 1. The largest absolute Gasteiger partial charge is 0.396 e. The third-order valence-electron chi connectivity index (χ3n) is 4.84. The number of hydrogen-bond acceptors (Lipinski definition) is 5. The van der Waals surface area contributed by atoms with Crippen molar-refractivity contribution in [2.24, 2.45) is 10.4 Å². The second-order valence-electron chi connectivity index (χ2n) is 6.99. The smallest absolute Gasteiger partial charge is 0.242 e. The van der Waals surface area contributed by atoms with Crippen molar-refractivity contribution in [3.63, 3.8) is 0 Å². The molecule has 1 unspecified atom stereocenters. The maximum atomic E-state index is 12.1. The summed E-state index contributed by atoms with van der Waals surface area (Å²) in [6.45, 7) is 2.69. The Morgan fingerprint density at radius 3 is 2.52 bits per heavy atom. The van der Waals surface area contributed by atoms with Crippen molar-refractivity contribution in [1.82, 2.24) is 14.9 Å². The number of ether oxygens (including phenoxy) is 1. The second kappa shape index (κ2) is 9.50. The number of nitrogens with one attached hydrogen (secondary N) is 2. The minimum Gasteiger partial charge on any atom is -0.396 e. The zero-order chi connectivity index (χ0) is 19.9. The van der Waals surface area contributed by atoms with Crippen LogP contribution in [0.1, 0.15) is 18.4 Å². The predicted octanol–water partition coefficient (Wildman–Crippen LogP) is 0.391. The van der Waals surface area contributed by atoms with Crippen molar-refractivity contribution in [3.8, 4) is 0 Å². The zero-order valence-electron chi connectivity index (χ0n) is 16.2. The molecule has 0 bridgehead atoms. The Balaban J connectivity index is 1.90. The van der Waals surface area contributed by atoms with Crippen LogP contribution in [0.3, 0.4) is 0 Å². The molecule has 0 radical (unpaired) electrons. The van der Waals surface area contributed by atoms with Gasteiger partial charge in [0.2, 0.25) is 10.0 Å². The second-order valence-corrected chi connectivity index (χ2v) is 9.14. The van der Waals surface area contributed by atoms with E-state index in [-0.39, 0.29) is 16.9 Å². The van der Waals surface area contributed by atoms with E-state index in [1.807, 2.05) is 0 Å². The third-order valence-corrected chi connectivity index (χ3v) is 6.67. The first kappa shape index (κ1) is 21.6. The molecule has 1 aliphatic heterocycles.